The van der Waals surface area contributed by atoms with Crippen LogP contribution in [0.1, 0.15) is 24.8 Å². The molecule has 1 saturated heterocycles. The number of hydrogen-bond acceptors (Lipinski definition) is 2. The van der Waals surface area contributed by atoms with Crippen LogP contribution >= 0.6 is 11.6 Å². The Hall–Kier alpha value is -1.04. The first-order chi connectivity index (χ1) is 8.29. The molecule has 2 nitrogen and oxygen atoms in total. The van der Waals surface area contributed by atoms with E-state index in [2.05, 4.69) is 11.0 Å². The van der Waals surface area contributed by atoms with E-state index in [9.17, 15) is 5.26 Å². The van der Waals surface area contributed by atoms with Crippen LogP contribution in [0.4, 0.5) is 0 Å². The zero-order valence-electron chi connectivity index (χ0n) is 9.90. The number of piperidine rings is 1. The standard InChI is InChI=1S/C14H17ClN2/c15-13-6-4-12(5-7-13)10-14(11-16)17-8-2-1-3-9-17/h4-7,14H,1-3,8-10H2. The van der Waals surface area contributed by atoms with Crippen molar-refractivity contribution >= 4 is 11.6 Å². The number of halogens is 1. The highest BCUT2D eigenvalue weighted by Crippen LogP contribution is 2.16. The maximum atomic E-state index is 9.28. The van der Waals surface area contributed by atoms with E-state index in [4.69, 9.17) is 11.6 Å². The Kier molecular flexibility index (Phi) is 4.42. The van der Waals surface area contributed by atoms with E-state index in [1.807, 2.05) is 24.3 Å². The Bertz CT molecular complexity index is 388. The van der Waals surface area contributed by atoms with Gasteiger partial charge in [-0.1, -0.05) is 30.2 Å². The van der Waals surface area contributed by atoms with Gasteiger partial charge in [0.05, 0.1) is 6.07 Å². The SMILES string of the molecule is N#CC(Cc1ccc(Cl)cc1)N1CCCCC1. The number of hydrogen-bond donors (Lipinski definition) is 0. The van der Waals surface area contributed by atoms with Crippen LogP contribution in [0, 0.1) is 11.3 Å². The largest absolute Gasteiger partial charge is 0.288 e. The normalized spacial score (nSPS) is 18.6. The van der Waals surface area contributed by atoms with Gasteiger partial charge < -0.3 is 0 Å². The molecule has 0 spiro atoms. The fourth-order valence-electron chi connectivity index (χ4n) is 2.33. The van der Waals surface area contributed by atoms with Gasteiger partial charge in [-0.05, 0) is 43.6 Å². The lowest BCUT2D eigenvalue weighted by molar-refractivity contribution is 0.194. The molecule has 0 N–H and O–H groups in total. The third-order valence-corrected chi connectivity index (χ3v) is 3.57. The minimum Gasteiger partial charge on any atom is -0.288 e. The molecule has 1 atom stereocenters. The van der Waals surface area contributed by atoms with E-state index < -0.39 is 0 Å². The van der Waals surface area contributed by atoms with E-state index in [1.54, 1.807) is 0 Å². The van der Waals surface area contributed by atoms with Crippen molar-refractivity contribution in [1.82, 2.24) is 4.90 Å². The lowest BCUT2D eigenvalue weighted by atomic mass is 10.0. The van der Waals surface area contributed by atoms with Crippen molar-refractivity contribution in [1.29, 1.82) is 5.26 Å². The summed E-state index contributed by atoms with van der Waals surface area (Å²) in [5.74, 6) is 0. The molecular weight excluding hydrogens is 232 g/mol. The number of rotatable bonds is 3. The highest BCUT2D eigenvalue weighted by molar-refractivity contribution is 6.30. The zero-order chi connectivity index (χ0) is 12.1. The molecule has 0 aromatic heterocycles. The van der Waals surface area contributed by atoms with E-state index in [0.29, 0.717) is 0 Å². The maximum Gasteiger partial charge on any atom is 0.102 e. The second-order valence-electron chi connectivity index (χ2n) is 4.57. The molecule has 1 aromatic rings. The van der Waals surface area contributed by atoms with Gasteiger partial charge >= 0.3 is 0 Å². The van der Waals surface area contributed by atoms with Crippen molar-refractivity contribution in [3.8, 4) is 6.07 Å². The molecule has 1 aliphatic rings. The summed E-state index contributed by atoms with van der Waals surface area (Å²) in [6.45, 7) is 2.12. The van der Waals surface area contributed by atoms with Crippen LogP contribution in [-0.2, 0) is 6.42 Å². The Morgan fingerprint density at radius 1 is 1.18 bits per heavy atom. The quantitative estimate of drug-likeness (QED) is 0.821. The first kappa shape index (κ1) is 12.4. The minimum absolute atomic E-state index is 0.0106. The van der Waals surface area contributed by atoms with Crippen LogP contribution < -0.4 is 0 Å². The topological polar surface area (TPSA) is 27.0 Å². The zero-order valence-corrected chi connectivity index (χ0v) is 10.7. The van der Waals surface area contributed by atoms with Crippen molar-refractivity contribution in [2.45, 2.75) is 31.7 Å². The first-order valence-electron chi connectivity index (χ1n) is 6.18. The number of benzene rings is 1. The van der Waals surface area contributed by atoms with Crippen molar-refractivity contribution < 1.29 is 0 Å². The van der Waals surface area contributed by atoms with Gasteiger partial charge in [0.1, 0.15) is 6.04 Å². The second-order valence-corrected chi connectivity index (χ2v) is 5.01. The summed E-state index contributed by atoms with van der Waals surface area (Å²) in [4.78, 5) is 2.30. The summed E-state index contributed by atoms with van der Waals surface area (Å²) in [6.07, 6.45) is 4.54. The van der Waals surface area contributed by atoms with Crippen molar-refractivity contribution in [3.63, 3.8) is 0 Å². The predicted octanol–water partition coefficient (Wildman–Crippen LogP) is 3.26. The van der Waals surface area contributed by atoms with Crippen molar-refractivity contribution in [2.75, 3.05) is 13.1 Å². The monoisotopic (exact) mass is 248 g/mol. The molecule has 0 amide bonds. The second kappa shape index (κ2) is 6.05. The van der Waals surface area contributed by atoms with Crippen LogP contribution in [0.3, 0.4) is 0 Å². The maximum absolute atomic E-state index is 9.28. The highest BCUT2D eigenvalue weighted by Gasteiger charge is 2.20. The van der Waals surface area contributed by atoms with Gasteiger partial charge in [-0.2, -0.15) is 5.26 Å². The van der Waals surface area contributed by atoms with E-state index >= 15 is 0 Å². The van der Waals surface area contributed by atoms with Crippen LogP contribution in [0.25, 0.3) is 0 Å². The number of nitrogens with zero attached hydrogens (tertiary/aromatic N) is 2. The molecule has 3 heteroatoms. The predicted molar refractivity (Wildman–Crippen MR) is 70.0 cm³/mol. The van der Waals surface area contributed by atoms with Crippen LogP contribution in [0.15, 0.2) is 24.3 Å². The van der Waals surface area contributed by atoms with Gasteiger partial charge in [-0.15, -0.1) is 0 Å². The highest BCUT2D eigenvalue weighted by atomic mass is 35.5. The first-order valence-corrected chi connectivity index (χ1v) is 6.55. The van der Waals surface area contributed by atoms with Crippen molar-refractivity contribution in [2.24, 2.45) is 0 Å². The molecule has 1 fully saturated rings. The Balaban J connectivity index is 1.99. The summed E-state index contributed by atoms with van der Waals surface area (Å²) in [5.41, 5.74) is 1.19. The third-order valence-electron chi connectivity index (χ3n) is 3.32. The minimum atomic E-state index is 0.0106. The Morgan fingerprint density at radius 2 is 1.82 bits per heavy atom. The number of likely N-dealkylation sites (tertiary alicyclic amines) is 1. The Labute approximate surface area is 108 Å². The summed E-state index contributed by atoms with van der Waals surface area (Å²) < 4.78 is 0. The van der Waals surface area contributed by atoms with Gasteiger partial charge in [0.2, 0.25) is 0 Å². The molecule has 0 aliphatic carbocycles. The average molecular weight is 249 g/mol. The molecule has 0 radical (unpaired) electrons. The molecule has 90 valence electrons. The molecule has 1 aliphatic heterocycles. The van der Waals surface area contributed by atoms with Gasteiger partial charge in [0.15, 0.2) is 0 Å². The summed E-state index contributed by atoms with van der Waals surface area (Å²) in [5, 5.41) is 10.0. The Morgan fingerprint density at radius 3 is 2.41 bits per heavy atom. The average Bonchev–Trinajstić information content (AvgIpc) is 2.39. The molecule has 2 rings (SSSR count). The fourth-order valence-corrected chi connectivity index (χ4v) is 2.46. The molecule has 0 saturated carbocycles. The molecule has 17 heavy (non-hydrogen) atoms. The molecular formula is C14H17ClN2. The van der Waals surface area contributed by atoms with Crippen molar-refractivity contribution in [3.05, 3.63) is 34.9 Å². The van der Waals surface area contributed by atoms with Crippen LogP contribution in [-0.4, -0.2) is 24.0 Å². The van der Waals surface area contributed by atoms with Crippen LogP contribution in [0.2, 0.25) is 5.02 Å². The van der Waals surface area contributed by atoms with Gasteiger partial charge in [-0.3, -0.25) is 4.90 Å². The van der Waals surface area contributed by atoms with E-state index in [-0.39, 0.29) is 6.04 Å². The molecule has 1 heterocycles. The molecule has 1 aromatic carbocycles. The summed E-state index contributed by atoms with van der Waals surface area (Å²) in [6, 6.07) is 10.2. The van der Waals surface area contributed by atoms with Crippen LogP contribution in [0.5, 0.6) is 0 Å². The van der Waals surface area contributed by atoms with Gasteiger partial charge in [0, 0.05) is 11.4 Å². The summed E-state index contributed by atoms with van der Waals surface area (Å²) >= 11 is 5.86. The molecule has 0 bridgehead atoms. The van der Waals surface area contributed by atoms with E-state index in [1.165, 1.54) is 24.8 Å². The van der Waals surface area contributed by atoms with Gasteiger partial charge in [-0.25, -0.2) is 0 Å². The third kappa shape index (κ3) is 3.46. The fraction of sp³-hybridized carbons (Fsp3) is 0.500. The lowest BCUT2D eigenvalue weighted by Crippen LogP contribution is -2.39. The molecule has 1 unspecified atom stereocenters. The lowest BCUT2D eigenvalue weighted by Gasteiger charge is -2.30. The number of nitriles is 1. The summed E-state index contributed by atoms with van der Waals surface area (Å²) in [7, 11) is 0. The smallest absolute Gasteiger partial charge is 0.102 e. The van der Waals surface area contributed by atoms with E-state index in [0.717, 1.165) is 24.5 Å². The van der Waals surface area contributed by atoms with Gasteiger partial charge in [0.25, 0.3) is 0 Å².